The van der Waals surface area contributed by atoms with Gasteiger partial charge in [0.15, 0.2) is 0 Å². The van der Waals surface area contributed by atoms with Crippen molar-refractivity contribution in [1.82, 2.24) is 4.98 Å². The molecule has 1 aromatic heterocycles. The number of aromatic nitrogens is 1. The van der Waals surface area contributed by atoms with Gasteiger partial charge in [-0.2, -0.15) is 4.98 Å². The van der Waals surface area contributed by atoms with Gasteiger partial charge in [-0.3, -0.25) is 0 Å². The van der Waals surface area contributed by atoms with E-state index in [9.17, 15) is 13.2 Å². The van der Waals surface area contributed by atoms with E-state index in [2.05, 4.69) is 9.72 Å². The molecule has 0 unspecified atom stereocenters. The topological polar surface area (TPSA) is 31.4 Å². The first-order valence-corrected chi connectivity index (χ1v) is 3.70. The van der Waals surface area contributed by atoms with E-state index in [-0.39, 0.29) is 5.88 Å². The van der Waals surface area contributed by atoms with Crippen molar-refractivity contribution in [1.29, 1.82) is 0 Å². The molecule has 0 aromatic carbocycles. The minimum Gasteiger partial charge on any atom is -0.481 e. The number of methoxy groups -OCH3 is 1. The molecule has 0 amide bonds. The highest BCUT2D eigenvalue weighted by molar-refractivity contribution is 5.29. The molecule has 1 heterocycles. The fourth-order valence-corrected chi connectivity index (χ4v) is 0.875. The van der Waals surface area contributed by atoms with Gasteiger partial charge >= 0.3 is 6.36 Å². The quantitative estimate of drug-likeness (QED) is 0.745. The number of hydrogen-bond donors (Lipinski definition) is 0. The average Bonchev–Trinajstić information content (AvgIpc) is 2.06. The van der Waals surface area contributed by atoms with Gasteiger partial charge in [0.2, 0.25) is 11.8 Å². The van der Waals surface area contributed by atoms with Gasteiger partial charge in [0.1, 0.15) is 0 Å². The largest absolute Gasteiger partial charge is 0.574 e. The molecule has 0 saturated heterocycles. The third kappa shape index (κ3) is 2.79. The molecular formula is C8H8F3NO2. The number of nitrogens with zero attached hydrogens (tertiary/aromatic N) is 1. The normalized spacial score (nSPS) is 11.2. The van der Waals surface area contributed by atoms with E-state index in [4.69, 9.17) is 4.74 Å². The van der Waals surface area contributed by atoms with Crippen molar-refractivity contribution >= 4 is 0 Å². The summed E-state index contributed by atoms with van der Waals surface area (Å²) in [6, 6.07) is 2.57. The van der Waals surface area contributed by atoms with Crippen LogP contribution < -0.4 is 9.47 Å². The fraction of sp³-hybridized carbons (Fsp3) is 0.375. The monoisotopic (exact) mass is 207 g/mol. The lowest BCUT2D eigenvalue weighted by atomic mass is 10.3. The van der Waals surface area contributed by atoms with Crippen LogP contribution in [0.15, 0.2) is 12.1 Å². The molecule has 0 atom stereocenters. The van der Waals surface area contributed by atoms with Crippen LogP contribution in [0.4, 0.5) is 13.2 Å². The van der Waals surface area contributed by atoms with E-state index in [1.54, 1.807) is 6.92 Å². The Kier molecular flexibility index (Phi) is 2.83. The van der Waals surface area contributed by atoms with Gasteiger partial charge in [-0.15, -0.1) is 13.2 Å². The number of halogens is 3. The molecule has 0 saturated carbocycles. The molecule has 3 nitrogen and oxygen atoms in total. The first-order chi connectivity index (χ1) is 6.42. The molecule has 14 heavy (non-hydrogen) atoms. The Bertz CT molecular complexity index is 325. The Labute approximate surface area is 78.5 Å². The van der Waals surface area contributed by atoms with E-state index in [1.807, 2.05) is 0 Å². The molecule has 0 aliphatic heterocycles. The van der Waals surface area contributed by atoms with Crippen molar-refractivity contribution in [2.45, 2.75) is 13.3 Å². The fourth-order valence-electron chi connectivity index (χ4n) is 0.875. The summed E-state index contributed by atoms with van der Waals surface area (Å²) in [4.78, 5) is 3.51. The van der Waals surface area contributed by atoms with Crippen LogP contribution in [0, 0.1) is 6.92 Å². The van der Waals surface area contributed by atoms with Gasteiger partial charge in [-0.25, -0.2) is 0 Å². The van der Waals surface area contributed by atoms with E-state index >= 15 is 0 Å². The second-order valence-corrected chi connectivity index (χ2v) is 2.52. The zero-order valence-corrected chi connectivity index (χ0v) is 7.55. The first kappa shape index (κ1) is 10.6. The second-order valence-electron chi connectivity index (χ2n) is 2.52. The third-order valence-corrected chi connectivity index (χ3v) is 1.44. The maximum Gasteiger partial charge on any atom is 0.574 e. The third-order valence-electron chi connectivity index (χ3n) is 1.44. The summed E-state index contributed by atoms with van der Waals surface area (Å²) < 4.78 is 43.7. The second kappa shape index (κ2) is 3.73. The lowest BCUT2D eigenvalue weighted by molar-refractivity contribution is -0.276. The Balaban J connectivity index is 2.90. The number of aryl methyl sites for hydroxylation is 1. The van der Waals surface area contributed by atoms with Crippen molar-refractivity contribution in [2.24, 2.45) is 0 Å². The van der Waals surface area contributed by atoms with Crippen LogP contribution in [-0.2, 0) is 0 Å². The number of hydrogen-bond acceptors (Lipinski definition) is 3. The van der Waals surface area contributed by atoms with Crippen LogP contribution in [-0.4, -0.2) is 18.5 Å². The van der Waals surface area contributed by atoms with Gasteiger partial charge in [0.05, 0.1) is 7.11 Å². The molecule has 0 bridgehead atoms. The molecule has 0 fully saturated rings. The summed E-state index contributed by atoms with van der Waals surface area (Å²) in [5.74, 6) is -0.410. The van der Waals surface area contributed by atoms with E-state index in [0.29, 0.717) is 5.56 Å². The minimum absolute atomic E-state index is 0.117. The van der Waals surface area contributed by atoms with E-state index in [0.717, 1.165) is 6.07 Å². The molecular weight excluding hydrogens is 199 g/mol. The summed E-state index contributed by atoms with van der Waals surface area (Å²) in [7, 11) is 1.33. The van der Waals surface area contributed by atoms with Crippen LogP contribution in [0.5, 0.6) is 11.8 Å². The van der Waals surface area contributed by atoms with Crippen LogP contribution in [0.2, 0.25) is 0 Å². The Morgan fingerprint density at radius 2 is 1.93 bits per heavy atom. The average molecular weight is 207 g/mol. The maximum atomic E-state index is 11.8. The van der Waals surface area contributed by atoms with E-state index in [1.165, 1.54) is 13.2 Å². The Hall–Kier alpha value is -1.46. The molecule has 1 rings (SSSR count). The standard InChI is InChI=1S/C8H8F3NO2/c1-5-3-4-6(12-7(5)13-2)14-8(9,10)11/h3-4H,1-2H3. The molecule has 0 aliphatic rings. The van der Waals surface area contributed by atoms with Crippen molar-refractivity contribution < 1.29 is 22.6 Å². The van der Waals surface area contributed by atoms with Crippen molar-refractivity contribution in [3.8, 4) is 11.8 Å². The lowest BCUT2D eigenvalue weighted by Gasteiger charge is -2.09. The van der Waals surface area contributed by atoms with Crippen molar-refractivity contribution in [3.63, 3.8) is 0 Å². The Morgan fingerprint density at radius 1 is 1.29 bits per heavy atom. The summed E-state index contributed by atoms with van der Waals surface area (Å²) in [6.07, 6.45) is -4.73. The number of pyridine rings is 1. The molecule has 0 aliphatic carbocycles. The highest BCUT2D eigenvalue weighted by atomic mass is 19.4. The summed E-state index contributed by atoms with van der Waals surface area (Å²) in [5.41, 5.74) is 0.641. The van der Waals surface area contributed by atoms with Crippen molar-refractivity contribution in [3.05, 3.63) is 17.7 Å². The first-order valence-electron chi connectivity index (χ1n) is 3.70. The smallest absolute Gasteiger partial charge is 0.481 e. The maximum absolute atomic E-state index is 11.8. The highest BCUT2D eigenvalue weighted by Gasteiger charge is 2.31. The predicted molar refractivity (Wildman–Crippen MR) is 42.2 cm³/mol. The van der Waals surface area contributed by atoms with Crippen LogP contribution in [0.3, 0.4) is 0 Å². The predicted octanol–water partition coefficient (Wildman–Crippen LogP) is 2.30. The number of alkyl halides is 3. The highest BCUT2D eigenvalue weighted by Crippen LogP contribution is 2.24. The number of rotatable bonds is 2. The molecule has 0 N–H and O–H groups in total. The number of ether oxygens (including phenoxy) is 2. The van der Waals surface area contributed by atoms with Crippen LogP contribution in [0.25, 0.3) is 0 Å². The molecule has 1 aromatic rings. The summed E-state index contributed by atoms with van der Waals surface area (Å²) >= 11 is 0. The molecule has 0 spiro atoms. The molecule has 0 radical (unpaired) electrons. The SMILES string of the molecule is COc1nc(OC(F)(F)F)ccc1C. The van der Waals surface area contributed by atoms with E-state index < -0.39 is 12.2 Å². The Morgan fingerprint density at radius 3 is 2.43 bits per heavy atom. The summed E-state index contributed by atoms with van der Waals surface area (Å²) in [5, 5.41) is 0. The summed E-state index contributed by atoms with van der Waals surface area (Å²) in [6.45, 7) is 1.67. The minimum atomic E-state index is -4.73. The zero-order valence-electron chi connectivity index (χ0n) is 7.55. The van der Waals surface area contributed by atoms with Gasteiger partial charge < -0.3 is 9.47 Å². The van der Waals surface area contributed by atoms with Gasteiger partial charge in [0, 0.05) is 11.6 Å². The lowest BCUT2D eigenvalue weighted by Crippen LogP contribution is -2.18. The van der Waals surface area contributed by atoms with Gasteiger partial charge in [-0.05, 0) is 13.0 Å². The van der Waals surface area contributed by atoms with Crippen LogP contribution in [0.1, 0.15) is 5.56 Å². The molecule has 6 heteroatoms. The van der Waals surface area contributed by atoms with Crippen molar-refractivity contribution in [2.75, 3.05) is 7.11 Å². The van der Waals surface area contributed by atoms with Gasteiger partial charge in [-0.1, -0.05) is 0 Å². The zero-order chi connectivity index (χ0) is 10.8. The van der Waals surface area contributed by atoms with Gasteiger partial charge in [0.25, 0.3) is 0 Å². The van der Waals surface area contributed by atoms with Crippen LogP contribution >= 0.6 is 0 Å². The molecule has 78 valence electrons.